The Morgan fingerprint density at radius 3 is 2.40 bits per heavy atom. The lowest BCUT2D eigenvalue weighted by atomic mass is 9.69. The summed E-state index contributed by atoms with van der Waals surface area (Å²) in [6.07, 6.45) is 17.8. The van der Waals surface area contributed by atoms with Crippen molar-refractivity contribution in [3.05, 3.63) is 0 Å². The summed E-state index contributed by atoms with van der Waals surface area (Å²) in [6.45, 7) is 0. The molecule has 20 heavy (non-hydrogen) atoms. The molecular weight excluding hydrogens is 246 g/mol. The quantitative estimate of drug-likeness (QED) is 0.809. The Morgan fingerprint density at radius 1 is 0.850 bits per heavy atom. The zero-order valence-electron chi connectivity index (χ0n) is 12.9. The van der Waals surface area contributed by atoms with Gasteiger partial charge >= 0.3 is 0 Å². The van der Waals surface area contributed by atoms with Gasteiger partial charge in [-0.2, -0.15) is 0 Å². The summed E-state index contributed by atoms with van der Waals surface area (Å²) < 4.78 is 0. The van der Waals surface area contributed by atoms with Crippen molar-refractivity contribution in [2.45, 2.75) is 89.5 Å². The van der Waals surface area contributed by atoms with Gasteiger partial charge in [-0.1, -0.05) is 51.4 Å². The lowest BCUT2D eigenvalue weighted by molar-refractivity contribution is -0.119. The van der Waals surface area contributed by atoms with Crippen LogP contribution >= 0.6 is 0 Å². The van der Waals surface area contributed by atoms with Gasteiger partial charge in [-0.3, -0.25) is 4.79 Å². The van der Waals surface area contributed by atoms with E-state index < -0.39 is 0 Å². The summed E-state index contributed by atoms with van der Waals surface area (Å²) in [4.78, 5) is 11.3. The minimum absolute atomic E-state index is 0.277. The van der Waals surface area contributed by atoms with Crippen molar-refractivity contribution >= 4 is 5.91 Å². The predicted molar refractivity (Wildman–Crippen MR) is 82.4 cm³/mol. The molecule has 1 amide bonds. The summed E-state index contributed by atoms with van der Waals surface area (Å²) in [6, 6.07) is 0.498. The smallest absolute Gasteiger partial charge is 0.220 e. The van der Waals surface area contributed by atoms with Crippen LogP contribution in [0.15, 0.2) is 0 Å². The molecule has 1 aliphatic heterocycles. The lowest BCUT2D eigenvalue weighted by Crippen LogP contribution is -2.28. The van der Waals surface area contributed by atoms with Gasteiger partial charge in [0.15, 0.2) is 0 Å². The average Bonchev–Trinajstić information content (AvgIpc) is 2.92. The Bertz CT molecular complexity index is 321. The van der Waals surface area contributed by atoms with Crippen molar-refractivity contribution in [1.82, 2.24) is 5.32 Å². The molecule has 0 aromatic heterocycles. The molecule has 0 aromatic rings. The van der Waals surface area contributed by atoms with Crippen molar-refractivity contribution in [3.63, 3.8) is 0 Å². The lowest BCUT2D eigenvalue weighted by Gasteiger charge is -2.36. The van der Waals surface area contributed by atoms with Crippen molar-refractivity contribution in [2.24, 2.45) is 17.8 Å². The number of hydrogen-bond donors (Lipinski definition) is 1. The van der Waals surface area contributed by atoms with Crippen LogP contribution in [0.5, 0.6) is 0 Å². The van der Waals surface area contributed by atoms with Crippen molar-refractivity contribution in [1.29, 1.82) is 0 Å². The number of hydrogen-bond acceptors (Lipinski definition) is 1. The van der Waals surface area contributed by atoms with Gasteiger partial charge in [0.05, 0.1) is 0 Å². The average molecular weight is 277 g/mol. The fraction of sp³-hybridized carbons (Fsp3) is 0.944. The molecule has 2 heteroatoms. The topological polar surface area (TPSA) is 29.1 Å². The molecule has 114 valence electrons. The number of carbonyl (C=O) groups excluding carboxylic acids is 1. The Labute approximate surface area is 124 Å². The largest absolute Gasteiger partial charge is 0.353 e. The van der Waals surface area contributed by atoms with E-state index in [0.29, 0.717) is 6.04 Å². The second-order valence-corrected chi connectivity index (χ2v) is 7.57. The number of rotatable bonds is 4. The summed E-state index contributed by atoms with van der Waals surface area (Å²) in [5, 5.41) is 3.13. The van der Waals surface area contributed by atoms with Gasteiger partial charge < -0.3 is 5.32 Å². The fourth-order valence-corrected chi connectivity index (χ4v) is 4.96. The van der Waals surface area contributed by atoms with Gasteiger partial charge in [-0.15, -0.1) is 0 Å². The van der Waals surface area contributed by atoms with E-state index in [0.717, 1.165) is 30.6 Å². The summed E-state index contributed by atoms with van der Waals surface area (Å²) >= 11 is 0. The molecule has 2 aliphatic carbocycles. The third kappa shape index (κ3) is 3.77. The molecule has 1 N–H and O–H groups in total. The van der Waals surface area contributed by atoms with Crippen molar-refractivity contribution in [3.8, 4) is 0 Å². The molecule has 2 saturated carbocycles. The number of amides is 1. The highest BCUT2D eigenvalue weighted by atomic mass is 16.1. The highest BCUT2D eigenvalue weighted by Crippen LogP contribution is 2.41. The zero-order chi connectivity index (χ0) is 13.8. The second-order valence-electron chi connectivity index (χ2n) is 7.57. The normalized spacial score (nSPS) is 36.0. The van der Waals surface area contributed by atoms with Crippen LogP contribution in [0.4, 0.5) is 0 Å². The van der Waals surface area contributed by atoms with Crippen LogP contribution in [0.2, 0.25) is 0 Å². The first-order valence-corrected chi connectivity index (χ1v) is 9.10. The Balaban J connectivity index is 1.42. The highest BCUT2D eigenvalue weighted by molar-refractivity contribution is 5.78. The van der Waals surface area contributed by atoms with Crippen LogP contribution < -0.4 is 5.32 Å². The summed E-state index contributed by atoms with van der Waals surface area (Å²) in [5.74, 6) is 3.32. The first kappa shape index (κ1) is 14.4. The molecule has 1 heterocycles. The SMILES string of the molecule is O=C1CC[C@@H](CCC2CCCC(C3CCCCC3)C2)N1. The van der Waals surface area contributed by atoms with E-state index in [4.69, 9.17) is 0 Å². The van der Waals surface area contributed by atoms with Gasteiger partial charge in [0, 0.05) is 12.5 Å². The third-order valence-corrected chi connectivity index (χ3v) is 6.15. The van der Waals surface area contributed by atoms with E-state index in [1.54, 1.807) is 0 Å². The first-order chi connectivity index (χ1) is 9.81. The van der Waals surface area contributed by atoms with E-state index in [9.17, 15) is 4.79 Å². The van der Waals surface area contributed by atoms with Crippen LogP contribution in [-0.2, 0) is 4.79 Å². The van der Waals surface area contributed by atoms with E-state index in [-0.39, 0.29) is 5.91 Å². The first-order valence-electron chi connectivity index (χ1n) is 9.10. The maximum atomic E-state index is 11.3. The van der Waals surface area contributed by atoms with Crippen LogP contribution in [0.3, 0.4) is 0 Å². The molecule has 3 fully saturated rings. The molecule has 3 atom stereocenters. The summed E-state index contributed by atoms with van der Waals surface area (Å²) in [7, 11) is 0. The Kier molecular flexibility index (Phi) is 5.01. The molecule has 0 spiro atoms. The van der Waals surface area contributed by atoms with Gasteiger partial charge in [0.1, 0.15) is 0 Å². The van der Waals surface area contributed by atoms with Crippen LogP contribution in [0, 0.1) is 17.8 Å². The van der Waals surface area contributed by atoms with E-state index in [2.05, 4.69) is 5.32 Å². The monoisotopic (exact) mass is 277 g/mol. The molecule has 1 saturated heterocycles. The molecule has 2 nitrogen and oxygen atoms in total. The van der Waals surface area contributed by atoms with E-state index in [1.165, 1.54) is 70.6 Å². The fourth-order valence-electron chi connectivity index (χ4n) is 4.96. The highest BCUT2D eigenvalue weighted by Gasteiger charge is 2.30. The van der Waals surface area contributed by atoms with Crippen LogP contribution in [0.1, 0.15) is 83.5 Å². The van der Waals surface area contributed by atoms with Gasteiger partial charge in [-0.25, -0.2) is 0 Å². The molecule has 3 aliphatic rings. The molecule has 0 bridgehead atoms. The third-order valence-electron chi connectivity index (χ3n) is 6.15. The van der Waals surface area contributed by atoms with E-state index >= 15 is 0 Å². The molecule has 0 aromatic carbocycles. The minimum atomic E-state index is 0.277. The summed E-state index contributed by atoms with van der Waals surface area (Å²) in [5.41, 5.74) is 0. The molecular formula is C18H31NO. The van der Waals surface area contributed by atoms with Gasteiger partial charge in [0.25, 0.3) is 0 Å². The van der Waals surface area contributed by atoms with Crippen LogP contribution in [-0.4, -0.2) is 11.9 Å². The molecule has 2 unspecified atom stereocenters. The molecule has 3 rings (SSSR count). The minimum Gasteiger partial charge on any atom is -0.353 e. The maximum absolute atomic E-state index is 11.3. The van der Waals surface area contributed by atoms with Crippen molar-refractivity contribution < 1.29 is 4.79 Å². The Hall–Kier alpha value is -0.530. The van der Waals surface area contributed by atoms with Gasteiger partial charge in [0.2, 0.25) is 5.91 Å². The van der Waals surface area contributed by atoms with Crippen molar-refractivity contribution in [2.75, 3.05) is 0 Å². The number of carbonyl (C=O) groups is 1. The zero-order valence-corrected chi connectivity index (χ0v) is 12.9. The standard InChI is InChI=1S/C18H31NO/c20-18-12-11-17(19-18)10-9-14-5-4-8-16(13-14)15-6-2-1-3-7-15/h14-17H,1-13H2,(H,19,20)/t14?,16?,17-/m1/s1. The maximum Gasteiger partial charge on any atom is 0.220 e. The second kappa shape index (κ2) is 6.95. The van der Waals surface area contributed by atoms with Gasteiger partial charge in [-0.05, 0) is 43.4 Å². The number of nitrogens with one attached hydrogen (secondary N) is 1. The predicted octanol–water partition coefficient (Wildman–Crippen LogP) is 4.43. The Morgan fingerprint density at radius 2 is 1.65 bits per heavy atom. The van der Waals surface area contributed by atoms with Crippen LogP contribution in [0.25, 0.3) is 0 Å². The van der Waals surface area contributed by atoms with E-state index in [1.807, 2.05) is 0 Å². The molecule has 0 radical (unpaired) electrons.